The zero-order valence-corrected chi connectivity index (χ0v) is 18.0. The van der Waals surface area contributed by atoms with Gasteiger partial charge in [0.1, 0.15) is 0 Å². The van der Waals surface area contributed by atoms with E-state index in [4.69, 9.17) is 4.74 Å². The molecule has 0 amide bonds. The number of benzene rings is 1. The van der Waals surface area contributed by atoms with Gasteiger partial charge in [-0.2, -0.15) is 5.10 Å². The minimum Gasteiger partial charge on any atom is -0.381 e. The van der Waals surface area contributed by atoms with E-state index in [1.165, 1.54) is 5.56 Å². The quantitative estimate of drug-likeness (QED) is 0.242. The fourth-order valence-electron chi connectivity index (χ4n) is 2.44. The van der Waals surface area contributed by atoms with Crippen LogP contribution in [0.15, 0.2) is 47.6 Å². The van der Waals surface area contributed by atoms with Crippen LogP contribution in [-0.2, 0) is 24.8 Å². The molecule has 0 bridgehead atoms. The SMILES string of the molecule is CN=C(NCCCCOCCc1ccccc1)NCc1ccnn1C.I. The van der Waals surface area contributed by atoms with Crippen LogP contribution in [0, 0.1) is 0 Å². The zero-order chi connectivity index (χ0) is 17.7. The maximum absolute atomic E-state index is 5.70. The van der Waals surface area contributed by atoms with Crippen LogP contribution in [0.2, 0.25) is 0 Å². The molecule has 0 atom stereocenters. The second-order valence-electron chi connectivity index (χ2n) is 5.85. The molecule has 0 aliphatic carbocycles. The first-order valence-electron chi connectivity index (χ1n) is 8.82. The number of halogens is 1. The molecule has 0 aliphatic rings. The molecule has 2 aromatic rings. The third kappa shape index (κ3) is 8.66. The third-order valence-electron chi connectivity index (χ3n) is 3.97. The lowest BCUT2D eigenvalue weighted by molar-refractivity contribution is 0.133. The average molecular weight is 471 g/mol. The summed E-state index contributed by atoms with van der Waals surface area (Å²) in [6, 6.07) is 12.4. The lowest BCUT2D eigenvalue weighted by Gasteiger charge is -2.12. The average Bonchev–Trinajstić information content (AvgIpc) is 3.05. The molecule has 0 unspecified atom stereocenters. The van der Waals surface area contributed by atoms with E-state index in [9.17, 15) is 0 Å². The highest BCUT2D eigenvalue weighted by molar-refractivity contribution is 14.0. The number of nitrogens with one attached hydrogen (secondary N) is 2. The van der Waals surface area contributed by atoms with Crippen molar-refractivity contribution in [2.24, 2.45) is 12.0 Å². The Labute approximate surface area is 173 Å². The molecule has 0 fully saturated rings. The third-order valence-corrected chi connectivity index (χ3v) is 3.97. The van der Waals surface area contributed by atoms with Crippen LogP contribution in [0.1, 0.15) is 24.1 Å². The van der Waals surface area contributed by atoms with Crippen molar-refractivity contribution < 1.29 is 4.74 Å². The molecule has 144 valence electrons. The largest absolute Gasteiger partial charge is 0.381 e. The number of rotatable bonds is 10. The van der Waals surface area contributed by atoms with E-state index in [0.717, 1.165) is 50.7 Å². The Hall–Kier alpha value is -1.61. The number of aliphatic imine (C=N–C) groups is 1. The minimum atomic E-state index is 0. The Morgan fingerprint density at radius 1 is 1.12 bits per heavy atom. The summed E-state index contributed by atoms with van der Waals surface area (Å²) in [4.78, 5) is 4.23. The van der Waals surface area contributed by atoms with Gasteiger partial charge in [-0.1, -0.05) is 30.3 Å². The van der Waals surface area contributed by atoms with E-state index >= 15 is 0 Å². The minimum absolute atomic E-state index is 0. The van der Waals surface area contributed by atoms with Crippen molar-refractivity contribution in [1.82, 2.24) is 20.4 Å². The zero-order valence-electron chi connectivity index (χ0n) is 15.6. The van der Waals surface area contributed by atoms with Gasteiger partial charge in [-0.05, 0) is 30.9 Å². The number of hydrogen-bond donors (Lipinski definition) is 2. The fourth-order valence-corrected chi connectivity index (χ4v) is 2.44. The van der Waals surface area contributed by atoms with E-state index < -0.39 is 0 Å². The molecule has 2 N–H and O–H groups in total. The predicted octanol–water partition coefficient (Wildman–Crippen LogP) is 2.74. The lowest BCUT2D eigenvalue weighted by Crippen LogP contribution is -2.37. The summed E-state index contributed by atoms with van der Waals surface area (Å²) < 4.78 is 7.55. The maximum Gasteiger partial charge on any atom is 0.191 e. The summed E-state index contributed by atoms with van der Waals surface area (Å²) in [7, 11) is 3.72. The molecule has 0 saturated heterocycles. The summed E-state index contributed by atoms with van der Waals surface area (Å²) in [5.41, 5.74) is 2.45. The molecular formula is C19H30IN5O. The molecule has 7 heteroatoms. The van der Waals surface area contributed by atoms with E-state index in [1.807, 2.05) is 23.9 Å². The number of ether oxygens (including phenoxy) is 1. The molecule has 0 aliphatic heterocycles. The molecule has 2 rings (SSSR count). The molecule has 26 heavy (non-hydrogen) atoms. The molecule has 0 saturated carbocycles. The molecule has 6 nitrogen and oxygen atoms in total. The number of unbranched alkanes of at least 4 members (excludes halogenated alkanes) is 1. The van der Waals surface area contributed by atoms with Crippen molar-refractivity contribution in [1.29, 1.82) is 0 Å². The van der Waals surface area contributed by atoms with Crippen molar-refractivity contribution in [3.8, 4) is 0 Å². The van der Waals surface area contributed by atoms with Crippen LogP contribution in [0.3, 0.4) is 0 Å². The van der Waals surface area contributed by atoms with Crippen LogP contribution in [0.25, 0.3) is 0 Å². The highest BCUT2D eigenvalue weighted by atomic mass is 127. The lowest BCUT2D eigenvalue weighted by atomic mass is 10.2. The van der Waals surface area contributed by atoms with Gasteiger partial charge in [0.05, 0.1) is 18.8 Å². The Balaban J connectivity index is 0.00000338. The smallest absolute Gasteiger partial charge is 0.191 e. The molecule has 1 aromatic heterocycles. The topological polar surface area (TPSA) is 63.5 Å². The predicted molar refractivity (Wildman–Crippen MR) is 117 cm³/mol. The molecule has 1 heterocycles. The van der Waals surface area contributed by atoms with Crippen molar-refractivity contribution >= 4 is 29.9 Å². The van der Waals surface area contributed by atoms with Gasteiger partial charge in [-0.3, -0.25) is 9.67 Å². The first-order chi connectivity index (χ1) is 12.3. The highest BCUT2D eigenvalue weighted by Gasteiger charge is 2.01. The first-order valence-corrected chi connectivity index (χ1v) is 8.82. The maximum atomic E-state index is 5.70. The van der Waals surface area contributed by atoms with Crippen LogP contribution in [0.4, 0.5) is 0 Å². The van der Waals surface area contributed by atoms with Gasteiger partial charge in [0.25, 0.3) is 0 Å². The number of aryl methyl sites for hydroxylation is 1. The monoisotopic (exact) mass is 471 g/mol. The number of hydrogen-bond acceptors (Lipinski definition) is 3. The summed E-state index contributed by atoms with van der Waals surface area (Å²) in [5, 5.41) is 10.8. The van der Waals surface area contributed by atoms with E-state index in [1.54, 1.807) is 13.2 Å². The fraction of sp³-hybridized carbons (Fsp3) is 0.474. The van der Waals surface area contributed by atoms with Crippen LogP contribution in [-0.4, -0.2) is 42.5 Å². The standard InChI is InChI=1S/C19H29N5O.HI/c1-20-19(22-16-18-10-13-23-24(18)2)21-12-6-7-14-25-15-11-17-8-4-3-5-9-17;/h3-5,8-10,13H,6-7,11-12,14-16H2,1-2H3,(H2,20,21,22);1H. The summed E-state index contributed by atoms with van der Waals surface area (Å²) in [5.74, 6) is 0.811. The van der Waals surface area contributed by atoms with Gasteiger partial charge in [0.15, 0.2) is 5.96 Å². The Morgan fingerprint density at radius 3 is 2.62 bits per heavy atom. The Morgan fingerprint density at radius 2 is 1.92 bits per heavy atom. The summed E-state index contributed by atoms with van der Waals surface area (Å²) in [6.45, 7) is 3.17. The normalized spacial score (nSPS) is 11.1. The van der Waals surface area contributed by atoms with Gasteiger partial charge in [-0.15, -0.1) is 24.0 Å². The summed E-state index contributed by atoms with van der Waals surface area (Å²) in [6.07, 6.45) is 4.87. The second kappa shape index (κ2) is 13.6. The van der Waals surface area contributed by atoms with Gasteiger partial charge in [0.2, 0.25) is 0 Å². The molecule has 0 radical (unpaired) electrons. The number of aromatic nitrogens is 2. The van der Waals surface area contributed by atoms with Crippen LogP contribution >= 0.6 is 24.0 Å². The highest BCUT2D eigenvalue weighted by Crippen LogP contribution is 2.00. The molecule has 0 spiro atoms. The van der Waals surface area contributed by atoms with E-state index in [2.05, 4.69) is 45.0 Å². The van der Waals surface area contributed by atoms with Gasteiger partial charge in [-0.25, -0.2) is 0 Å². The van der Waals surface area contributed by atoms with Crippen molar-refractivity contribution in [2.75, 3.05) is 26.8 Å². The van der Waals surface area contributed by atoms with E-state index in [0.29, 0.717) is 6.54 Å². The van der Waals surface area contributed by atoms with Crippen molar-refractivity contribution in [3.05, 3.63) is 53.9 Å². The molecular weight excluding hydrogens is 441 g/mol. The van der Waals surface area contributed by atoms with Crippen LogP contribution < -0.4 is 10.6 Å². The van der Waals surface area contributed by atoms with Crippen LogP contribution in [0.5, 0.6) is 0 Å². The first kappa shape index (κ1) is 22.4. The Kier molecular flexibility index (Phi) is 11.7. The van der Waals surface area contributed by atoms with Crippen molar-refractivity contribution in [3.63, 3.8) is 0 Å². The van der Waals surface area contributed by atoms with Gasteiger partial charge in [0, 0.05) is 33.4 Å². The molecule has 1 aromatic carbocycles. The number of nitrogens with zero attached hydrogens (tertiary/aromatic N) is 3. The van der Waals surface area contributed by atoms with Gasteiger partial charge >= 0.3 is 0 Å². The summed E-state index contributed by atoms with van der Waals surface area (Å²) >= 11 is 0. The van der Waals surface area contributed by atoms with Gasteiger partial charge < -0.3 is 15.4 Å². The van der Waals surface area contributed by atoms with Crippen molar-refractivity contribution in [2.45, 2.75) is 25.8 Å². The Bertz CT molecular complexity index is 630. The second-order valence-corrected chi connectivity index (χ2v) is 5.85. The number of guanidine groups is 1. The van der Waals surface area contributed by atoms with E-state index in [-0.39, 0.29) is 24.0 Å².